The third-order valence-corrected chi connectivity index (χ3v) is 2.25. The maximum Gasteiger partial charge on any atom is 0.417 e. The molecule has 1 unspecified atom stereocenters. The lowest BCUT2D eigenvalue weighted by atomic mass is 10.0. The Morgan fingerprint density at radius 2 is 1.81 bits per heavy atom. The minimum atomic E-state index is -4.53. The van der Waals surface area contributed by atoms with Crippen molar-refractivity contribution in [2.24, 2.45) is 0 Å². The molecule has 1 N–H and O–H groups in total. The van der Waals surface area contributed by atoms with Gasteiger partial charge in [0.2, 0.25) is 0 Å². The molecule has 0 bridgehead atoms. The Balaban J connectivity index is 2.36. The summed E-state index contributed by atoms with van der Waals surface area (Å²) in [6, 6.07) is 6.51. The summed E-state index contributed by atoms with van der Waals surface area (Å²) in [4.78, 5) is 4.37. The van der Waals surface area contributed by atoms with Crippen molar-refractivity contribution in [1.29, 1.82) is 0 Å². The van der Waals surface area contributed by atoms with Crippen molar-refractivity contribution in [3.8, 4) is 0 Å². The van der Waals surface area contributed by atoms with Crippen LogP contribution in [0, 0.1) is 0 Å². The topological polar surface area (TPSA) is 32.7 Å². The molecular weight excluding hydrogens is 223 g/mol. The van der Waals surface area contributed by atoms with Gasteiger partial charge >= 0.3 is 6.18 Å². The molecule has 0 fully saturated rings. The maximum atomic E-state index is 12.6. The number of rotatable bonds is 1. The van der Waals surface area contributed by atoms with Crippen LogP contribution in [0.2, 0.25) is 0 Å². The molecule has 0 amide bonds. The fourth-order valence-corrected chi connectivity index (χ4v) is 1.52. The lowest BCUT2D eigenvalue weighted by Gasteiger charge is -2.19. The molecule has 0 spiro atoms. The number of hydroxylamine groups is 2. The molecule has 2 rings (SSSR count). The van der Waals surface area contributed by atoms with Crippen molar-refractivity contribution < 1.29 is 23.2 Å². The highest BCUT2D eigenvalue weighted by Gasteiger charge is 2.46. The van der Waals surface area contributed by atoms with E-state index in [0.717, 1.165) is 0 Å². The van der Waals surface area contributed by atoms with Gasteiger partial charge in [0.15, 0.2) is 0 Å². The summed E-state index contributed by atoms with van der Waals surface area (Å²) in [6.45, 7) is 0. The molecule has 86 valence electrons. The zero-order chi connectivity index (χ0) is 11.8. The van der Waals surface area contributed by atoms with Crippen molar-refractivity contribution in [1.82, 2.24) is 5.23 Å². The van der Waals surface area contributed by atoms with Gasteiger partial charge in [0.05, 0.1) is 5.57 Å². The van der Waals surface area contributed by atoms with Gasteiger partial charge in [-0.3, -0.25) is 5.21 Å². The molecule has 16 heavy (non-hydrogen) atoms. The lowest BCUT2D eigenvalue weighted by Crippen LogP contribution is -2.25. The van der Waals surface area contributed by atoms with Gasteiger partial charge in [0, 0.05) is 0 Å². The van der Waals surface area contributed by atoms with Crippen LogP contribution in [-0.4, -0.2) is 16.6 Å². The predicted octanol–water partition coefficient (Wildman–Crippen LogP) is 2.81. The number of hydrogen-bond acceptors (Lipinski definition) is 3. The highest BCUT2D eigenvalue weighted by Crippen LogP contribution is 2.42. The number of hydrogen-bond donors (Lipinski definition) is 1. The third-order valence-electron chi connectivity index (χ3n) is 2.25. The molecule has 1 aromatic carbocycles. The van der Waals surface area contributed by atoms with Crippen LogP contribution in [-0.2, 0) is 4.84 Å². The summed E-state index contributed by atoms with van der Waals surface area (Å²) >= 11 is 0. The zero-order valence-corrected chi connectivity index (χ0v) is 7.98. The molecule has 0 saturated heterocycles. The molecule has 6 heteroatoms. The van der Waals surface area contributed by atoms with Crippen LogP contribution in [0.25, 0.3) is 0 Å². The second-order valence-electron chi connectivity index (χ2n) is 3.29. The second-order valence-corrected chi connectivity index (χ2v) is 3.29. The van der Waals surface area contributed by atoms with Gasteiger partial charge in [-0.1, -0.05) is 30.3 Å². The standard InChI is InChI=1S/C10H8F3NO2/c11-10(12,13)8-6-16-14(15)9(8)7-4-2-1-3-5-7/h1-6,9,15H. The monoisotopic (exact) mass is 231 g/mol. The SMILES string of the molecule is ON1OC=C(C(F)(F)F)C1c1ccccc1. The van der Waals surface area contributed by atoms with Crippen molar-refractivity contribution >= 4 is 0 Å². The maximum absolute atomic E-state index is 12.6. The largest absolute Gasteiger partial charge is 0.417 e. The Hall–Kier alpha value is -1.53. The Labute approximate surface area is 89.3 Å². The van der Waals surface area contributed by atoms with E-state index in [0.29, 0.717) is 11.8 Å². The van der Waals surface area contributed by atoms with Crippen LogP contribution in [0.15, 0.2) is 42.2 Å². The molecule has 1 heterocycles. The molecule has 1 aliphatic rings. The first-order chi connectivity index (χ1) is 7.50. The Kier molecular flexibility index (Phi) is 2.61. The van der Waals surface area contributed by atoms with E-state index in [2.05, 4.69) is 4.84 Å². The molecule has 1 aliphatic heterocycles. The number of halogens is 3. The first-order valence-electron chi connectivity index (χ1n) is 4.47. The molecule has 0 saturated carbocycles. The van der Waals surface area contributed by atoms with Crippen molar-refractivity contribution in [3.05, 3.63) is 47.7 Å². The number of nitrogens with zero attached hydrogens (tertiary/aromatic N) is 1. The van der Waals surface area contributed by atoms with E-state index in [-0.39, 0.29) is 5.23 Å². The van der Waals surface area contributed by atoms with E-state index >= 15 is 0 Å². The molecule has 3 nitrogen and oxygen atoms in total. The Morgan fingerprint density at radius 3 is 2.38 bits per heavy atom. The summed E-state index contributed by atoms with van der Waals surface area (Å²) < 4.78 is 37.8. The Bertz CT molecular complexity index is 402. The minimum absolute atomic E-state index is 0.193. The minimum Gasteiger partial charge on any atom is -0.387 e. The summed E-state index contributed by atoms with van der Waals surface area (Å²) in [5.74, 6) is 0. The van der Waals surface area contributed by atoms with E-state index in [1.54, 1.807) is 18.2 Å². The van der Waals surface area contributed by atoms with Gasteiger partial charge in [-0.25, -0.2) is 0 Å². The van der Waals surface area contributed by atoms with Gasteiger partial charge < -0.3 is 4.84 Å². The van der Waals surface area contributed by atoms with Crippen LogP contribution < -0.4 is 0 Å². The fourth-order valence-electron chi connectivity index (χ4n) is 1.52. The quantitative estimate of drug-likeness (QED) is 0.806. The van der Waals surface area contributed by atoms with Gasteiger partial charge in [-0.05, 0) is 10.8 Å². The first kappa shape index (κ1) is 11.0. The van der Waals surface area contributed by atoms with Crippen molar-refractivity contribution in [3.63, 3.8) is 0 Å². The molecule has 0 radical (unpaired) electrons. The number of alkyl halides is 3. The van der Waals surface area contributed by atoms with Crippen LogP contribution >= 0.6 is 0 Å². The average Bonchev–Trinajstić information content (AvgIpc) is 2.61. The van der Waals surface area contributed by atoms with Crippen LogP contribution in [0.1, 0.15) is 11.6 Å². The smallest absolute Gasteiger partial charge is 0.387 e. The van der Waals surface area contributed by atoms with Crippen LogP contribution in [0.3, 0.4) is 0 Å². The average molecular weight is 231 g/mol. The third kappa shape index (κ3) is 1.89. The van der Waals surface area contributed by atoms with E-state index in [4.69, 9.17) is 0 Å². The van der Waals surface area contributed by atoms with Gasteiger partial charge in [-0.15, -0.1) is 0 Å². The second kappa shape index (κ2) is 3.80. The van der Waals surface area contributed by atoms with Crippen LogP contribution in [0.5, 0.6) is 0 Å². The normalized spacial score (nSPS) is 21.8. The molecule has 1 aromatic rings. The lowest BCUT2D eigenvalue weighted by molar-refractivity contribution is -0.317. The molecule has 0 aliphatic carbocycles. The van der Waals surface area contributed by atoms with Gasteiger partial charge in [-0.2, -0.15) is 13.2 Å². The van der Waals surface area contributed by atoms with Crippen molar-refractivity contribution in [2.75, 3.05) is 0 Å². The molecule has 0 aromatic heterocycles. The summed E-state index contributed by atoms with van der Waals surface area (Å²) in [7, 11) is 0. The zero-order valence-electron chi connectivity index (χ0n) is 7.98. The molecule has 1 atom stereocenters. The first-order valence-corrected chi connectivity index (χ1v) is 4.47. The van der Waals surface area contributed by atoms with Gasteiger partial charge in [0.25, 0.3) is 0 Å². The molecular formula is C10H8F3NO2. The summed E-state index contributed by atoms with van der Waals surface area (Å²) in [5.41, 5.74) is -0.618. The van der Waals surface area contributed by atoms with E-state index in [1.807, 2.05) is 0 Å². The van der Waals surface area contributed by atoms with Crippen LogP contribution in [0.4, 0.5) is 13.2 Å². The van der Waals surface area contributed by atoms with Crippen molar-refractivity contribution in [2.45, 2.75) is 12.2 Å². The van der Waals surface area contributed by atoms with Gasteiger partial charge in [0.1, 0.15) is 12.3 Å². The number of benzene rings is 1. The van der Waals surface area contributed by atoms with E-state index < -0.39 is 17.8 Å². The summed E-state index contributed by atoms with van der Waals surface area (Å²) in [5, 5.41) is 9.43. The Morgan fingerprint density at radius 1 is 1.19 bits per heavy atom. The highest BCUT2D eigenvalue weighted by atomic mass is 19.4. The summed E-state index contributed by atoms with van der Waals surface area (Å²) in [6.07, 6.45) is -4.02. The fraction of sp³-hybridized carbons (Fsp3) is 0.200. The predicted molar refractivity (Wildman–Crippen MR) is 48.0 cm³/mol. The van der Waals surface area contributed by atoms with E-state index in [9.17, 15) is 18.4 Å². The highest BCUT2D eigenvalue weighted by molar-refractivity contribution is 5.30. The van der Waals surface area contributed by atoms with E-state index in [1.165, 1.54) is 12.1 Å².